The van der Waals surface area contributed by atoms with E-state index in [9.17, 15) is 4.79 Å². The van der Waals surface area contributed by atoms with Gasteiger partial charge in [-0.2, -0.15) is 0 Å². The van der Waals surface area contributed by atoms with Crippen LogP contribution in [0.1, 0.15) is 117 Å². The van der Waals surface area contributed by atoms with E-state index in [1.54, 1.807) is 0 Å². The topological polar surface area (TPSA) is 55.1 Å². The Morgan fingerprint density at radius 3 is 1.50 bits per heavy atom. The van der Waals surface area contributed by atoms with Crippen LogP contribution in [-0.4, -0.2) is 18.5 Å². The standard InChI is InChI=1S/C21H44N2O/c1-3-4-5-6-7-8-9-10-11-12-13-14-15-16-17-18-21(24)23-19-20(2)22/h20H,3-19,22H2,1-2H3,(H,23,24). The van der Waals surface area contributed by atoms with Crippen LogP contribution in [0, 0.1) is 0 Å². The Morgan fingerprint density at radius 1 is 0.750 bits per heavy atom. The molecule has 144 valence electrons. The molecule has 1 amide bonds. The first-order valence-corrected chi connectivity index (χ1v) is 10.7. The Bertz CT molecular complexity index is 267. The van der Waals surface area contributed by atoms with Gasteiger partial charge in [0.15, 0.2) is 0 Å². The predicted octanol–water partition coefficient (Wildman–Crippen LogP) is 5.71. The van der Waals surface area contributed by atoms with Gasteiger partial charge in [-0.15, -0.1) is 0 Å². The first kappa shape index (κ1) is 23.4. The van der Waals surface area contributed by atoms with Crippen LogP contribution in [0.4, 0.5) is 0 Å². The number of amides is 1. The van der Waals surface area contributed by atoms with Crippen molar-refractivity contribution in [2.24, 2.45) is 5.73 Å². The monoisotopic (exact) mass is 340 g/mol. The molecule has 0 aliphatic heterocycles. The third kappa shape index (κ3) is 19.5. The van der Waals surface area contributed by atoms with Crippen molar-refractivity contribution in [1.82, 2.24) is 5.32 Å². The quantitative estimate of drug-likeness (QED) is 0.314. The summed E-state index contributed by atoms with van der Waals surface area (Å²) in [5, 5.41) is 2.87. The van der Waals surface area contributed by atoms with Crippen LogP contribution in [0.15, 0.2) is 0 Å². The minimum Gasteiger partial charge on any atom is -0.355 e. The van der Waals surface area contributed by atoms with E-state index in [4.69, 9.17) is 5.73 Å². The van der Waals surface area contributed by atoms with Gasteiger partial charge < -0.3 is 11.1 Å². The lowest BCUT2D eigenvalue weighted by Crippen LogP contribution is -2.34. The zero-order valence-electron chi connectivity index (χ0n) is 16.6. The Hall–Kier alpha value is -0.570. The van der Waals surface area contributed by atoms with Crippen LogP contribution >= 0.6 is 0 Å². The summed E-state index contributed by atoms with van der Waals surface area (Å²) in [4.78, 5) is 11.5. The molecule has 0 saturated carbocycles. The number of unbranched alkanes of at least 4 members (excludes halogenated alkanes) is 14. The van der Waals surface area contributed by atoms with E-state index in [0.717, 1.165) is 6.42 Å². The van der Waals surface area contributed by atoms with Gasteiger partial charge in [-0.1, -0.05) is 96.8 Å². The number of hydrogen-bond donors (Lipinski definition) is 2. The van der Waals surface area contributed by atoms with Gasteiger partial charge in [0.2, 0.25) is 5.91 Å². The number of carbonyl (C=O) groups is 1. The molecule has 0 saturated heterocycles. The Morgan fingerprint density at radius 2 is 1.12 bits per heavy atom. The highest BCUT2D eigenvalue weighted by molar-refractivity contribution is 5.75. The van der Waals surface area contributed by atoms with Crippen molar-refractivity contribution in [3.8, 4) is 0 Å². The molecule has 0 rings (SSSR count). The maximum absolute atomic E-state index is 11.5. The Balaban J connectivity index is 3.08. The van der Waals surface area contributed by atoms with Crippen molar-refractivity contribution in [2.45, 2.75) is 123 Å². The zero-order chi connectivity index (χ0) is 17.9. The predicted molar refractivity (Wildman–Crippen MR) is 106 cm³/mol. The molecule has 0 spiro atoms. The fourth-order valence-electron chi connectivity index (χ4n) is 3.02. The SMILES string of the molecule is CCCCCCCCCCCCCCCCCC(=O)NCC(C)N. The zero-order valence-corrected chi connectivity index (χ0v) is 16.6. The van der Waals surface area contributed by atoms with E-state index in [2.05, 4.69) is 12.2 Å². The highest BCUT2D eigenvalue weighted by Gasteiger charge is 2.01. The van der Waals surface area contributed by atoms with E-state index in [-0.39, 0.29) is 11.9 Å². The van der Waals surface area contributed by atoms with Crippen molar-refractivity contribution >= 4 is 5.91 Å². The highest BCUT2D eigenvalue weighted by Crippen LogP contribution is 2.13. The minimum atomic E-state index is 0.0509. The molecule has 0 heterocycles. The molecule has 0 aromatic rings. The molecule has 0 aromatic heterocycles. The molecule has 3 N–H and O–H groups in total. The Labute approximate surface area is 151 Å². The van der Waals surface area contributed by atoms with Crippen molar-refractivity contribution in [1.29, 1.82) is 0 Å². The second kappa shape index (κ2) is 18.8. The summed E-state index contributed by atoms with van der Waals surface area (Å²) in [6, 6.07) is 0.0509. The third-order valence-corrected chi connectivity index (χ3v) is 4.63. The van der Waals surface area contributed by atoms with Crippen LogP contribution in [0.25, 0.3) is 0 Å². The summed E-state index contributed by atoms with van der Waals surface area (Å²) >= 11 is 0. The van der Waals surface area contributed by atoms with Crippen molar-refractivity contribution in [2.75, 3.05) is 6.54 Å². The highest BCUT2D eigenvalue weighted by atomic mass is 16.1. The second-order valence-electron chi connectivity index (χ2n) is 7.48. The first-order valence-electron chi connectivity index (χ1n) is 10.7. The van der Waals surface area contributed by atoms with E-state index >= 15 is 0 Å². The van der Waals surface area contributed by atoms with Gasteiger partial charge in [0.1, 0.15) is 0 Å². The van der Waals surface area contributed by atoms with Crippen LogP contribution in [0.3, 0.4) is 0 Å². The molecule has 0 aliphatic rings. The lowest BCUT2D eigenvalue weighted by atomic mass is 10.0. The summed E-state index contributed by atoms with van der Waals surface area (Å²) in [5.74, 6) is 0.155. The molecule has 0 aromatic carbocycles. The number of hydrogen-bond acceptors (Lipinski definition) is 2. The fraction of sp³-hybridized carbons (Fsp3) is 0.952. The molecule has 24 heavy (non-hydrogen) atoms. The van der Waals surface area contributed by atoms with Crippen LogP contribution in [0.2, 0.25) is 0 Å². The minimum absolute atomic E-state index is 0.0509. The molecular formula is C21H44N2O. The smallest absolute Gasteiger partial charge is 0.220 e. The van der Waals surface area contributed by atoms with Crippen LogP contribution < -0.4 is 11.1 Å². The van der Waals surface area contributed by atoms with Gasteiger partial charge in [0.25, 0.3) is 0 Å². The van der Waals surface area contributed by atoms with Gasteiger partial charge in [-0.25, -0.2) is 0 Å². The molecule has 0 fully saturated rings. The third-order valence-electron chi connectivity index (χ3n) is 4.63. The normalized spacial score (nSPS) is 12.3. The van der Waals surface area contributed by atoms with Crippen molar-refractivity contribution in [3.63, 3.8) is 0 Å². The van der Waals surface area contributed by atoms with Gasteiger partial charge in [-0.05, 0) is 13.3 Å². The summed E-state index contributed by atoms with van der Waals surface area (Å²) < 4.78 is 0. The molecule has 1 unspecified atom stereocenters. The van der Waals surface area contributed by atoms with Gasteiger partial charge in [-0.3, -0.25) is 4.79 Å². The molecular weight excluding hydrogens is 296 g/mol. The molecule has 1 atom stereocenters. The van der Waals surface area contributed by atoms with E-state index < -0.39 is 0 Å². The molecule has 0 radical (unpaired) electrons. The number of rotatable bonds is 18. The van der Waals surface area contributed by atoms with E-state index in [0.29, 0.717) is 13.0 Å². The lowest BCUT2D eigenvalue weighted by molar-refractivity contribution is -0.121. The number of nitrogens with one attached hydrogen (secondary N) is 1. The molecule has 3 heteroatoms. The molecule has 0 aliphatic carbocycles. The van der Waals surface area contributed by atoms with Crippen LogP contribution in [0.5, 0.6) is 0 Å². The summed E-state index contributed by atoms with van der Waals surface area (Å²) in [6.45, 7) is 4.78. The second-order valence-corrected chi connectivity index (χ2v) is 7.48. The van der Waals surface area contributed by atoms with Gasteiger partial charge in [0.05, 0.1) is 0 Å². The van der Waals surface area contributed by atoms with Gasteiger partial charge in [0, 0.05) is 19.0 Å². The average Bonchev–Trinajstić information content (AvgIpc) is 2.56. The number of carbonyl (C=O) groups excluding carboxylic acids is 1. The lowest BCUT2D eigenvalue weighted by Gasteiger charge is -2.07. The van der Waals surface area contributed by atoms with E-state index in [1.807, 2.05) is 6.92 Å². The first-order chi connectivity index (χ1) is 11.7. The molecule has 0 bridgehead atoms. The van der Waals surface area contributed by atoms with Crippen LogP contribution in [-0.2, 0) is 4.79 Å². The summed E-state index contributed by atoms with van der Waals surface area (Å²) in [7, 11) is 0. The largest absolute Gasteiger partial charge is 0.355 e. The summed E-state index contributed by atoms with van der Waals surface area (Å²) in [5.41, 5.74) is 5.61. The molecule has 3 nitrogen and oxygen atoms in total. The number of nitrogens with two attached hydrogens (primary N) is 1. The Kier molecular flexibility index (Phi) is 18.3. The van der Waals surface area contributed by atoms with Crippen molar-refractivity contribution < 1.29 is 4.79 Å². The average molecular weight is 341 g/mol. The van der Waals surface area contributed by atoms with E-state index in [1.165, 1.54) is 89.9 Å². The van der Waals surface area contributed by atoms with Crippen molar-refractivity contribution in [3.05, 3.63) is 0 Å². The summed E-state index contributed by atoms with van der Waals surface area (Å²) in [6.07, 6.45) is 21.0. The maximum Gasteiger partial charge on any atom is 0.220 e. The van der Waals surface area contributed by atoms with Gasteiger partial charge >= 0.3 is 0 Å². The fourth-order valence-corrected chi connectivity index (χ4v) is 3.02. The maximum atomic E-state index is 11.5.